The third-order valence-corrected chi connectivity index (χ3v) is 2.31. The molecule has 0 aromatic heterocycles. The zero-order valence-electron chi connectivity index (χ0n) is 10.1. The summed E-state index contributed by atoms with van der Waals surface area (Å²) in [5, 5.41) is 2.95. The number of primary amides is 1. The summed E-state index contributed by atoms with van der Waals surface area (Å²) in [7, 11) is 1.62. The number of amides is 1. The minimum Gasteiger partial charge on any atom is -0.497 e. The molecule has 0 saturated heterocycles. The van der Waals surface area contributed by atoms with E-state index in [0.717, 1.165) is 11.5 Å². The molecule has 0 radical (unpaired) electrons. The summed E-state index contributed by atoms with van der Waals surface area (Å²) in [6, 6.07) is 6.98. The van der Waals surface area contributed by atoms with Gasteiger partial charge in [-0.1, -0.05) is 0 Å². The molecule has 5 nitrogen and oxygen atoms in total. The largest absolute Gasteiger partial charge is 0.497 e. The van der Waals surface area contributed by atoms with E-state index >= 15 is 0 Å². The molecule has 0 spiro atoms. The van der Waals surface area contributed by atoms with Crippen molar-refractivity contribution in [1.29, 1.82) is 0 Å². The Kier molecular flexibility index (Phi) is 5.29. The van der Waals surface area contributed by atoms with Crippen molar-refractivity contribution in [2.45, 2.75) is 13.0 Å². The summed E-state index contributed by atoms with van der Waals surface area (Å²) in [5.74, 6) is 1.19. The van der Waals surface area contributed by atoms with Crippen LogP contribution >= 0.6 is 0 Å². The first-order chi connectivity index (χ1) is 8.13. The van der Waals surface area contributed by atoms with E-state index in [2.05, 4.69) is 5.32 Å². The first-order valence-corrected chi connectivity index (χ1v) is 5.43. The molecule has 0 fully saturated rings. The van der Waals surface area contributed by atoms with E-state index in [0.29, 0.717) is 13.2 Å². The Morgan fingerprint density at radius 2 is 1.94 bits per heavy atom. The Morgan fingerprint density at radius 1 is 1.35 bits per heavy atom. The van der Waals surface area contributed by atoms with Crippen LogP contribution in [0.2, 0.25) is 0 Å². The van der Waals surface area contributed by atoms with Gasteiger partial charge in [-0.15, -0.1) is 0 Å². The number of carbonyl (C=O) groups excluding carboxylic acids is 1. The molecule has 94 valence electrons. The van der Waals surface area contributed by atoms with E-state index in [4.69, 9.17) is 15.2 Å². The zero-order valence-corrected chi connectivity index (χ0v) is 10.1. The molecule has 0 heterocycles. The Balaban J connectivity index is 2.24. The molecule has 0 saturated carbocycles. The normalized spacial score (nSPS) is 11.9. The van der Waals surface area contributed by atoms with Crippen molar-refractivity contribution >= 4 is 5.91 Å². The fraction of sp³-hybridized carbons (Fsp3) is 0.417. The zero-order chi connectivity index (χ0) is 12.7. The number of rotatable bonds is 7. The van der Waals surface area contributed by atoms with Crippen LogP contribution in [-0.2, 0) is 4.79 Å². The maximum Gasteiger partial charge on any atom is 0.234 e. The van der Waals surface area contributed by atoms with Crippen LogP contribution in [0.1, 0.15) is 6.92 Å². The Hall–Kier alpha value is -1.75. The highest BCUT2D eigenvalue weighted by Crippen LogP contribution is 2.16. The van der Waals surface area contributed by atoms with Gasteiger partial charge >= 0.3 is 0 Å². The standard InChI is InChI=1S/C12H18N2O3/c1-9(12(13)15)14-7-8-17-11-5-3-10(16-2)4-6-11/h3-6,9,14H,7-8H2,1-2H3,(H2,13,15). The van der Waals surface area contributed by atoms with Crippen molar-refractivity contribution in [2.75, 3.05) is 20.3 Å². The van der Waals surface area contributed by atoms with Gasteiger partial charge in [-0.3, -0.25) is 4.79 Å². The molecule has 17 heavy (non-hydrogen) atoms. The molecule has 0 aliphatic carbocycles. The van der Waals surface area contributed by atoms with Gasteiger partial charge < -0.3 is 20.5 Å². The molecule has 1 aromatic rings. The third kappa shape index (κ3) is 4.74. The van der Waals surface area contributed by atoms with Gasteiger partial charge in [-0.05, 0) is 31.2 Å². The summed E-state index contributed by atoms with van der Waals surface area (Å²) >= 11 is 0. The predicted molar refractivity (Wildman–Crippen MR) is 65.1 cm³/mol. The number of ether oxygens (including phenoxy) is 2. The van der Waals surface area contributed by atoms with Gasteiger partial charge in [0, 0.05) is 6.54 Å². The number of nitrogens with one attached hydrogen (secondary N) is 1. The van der Waals surface area contributed by atoms with Crippen LogP contribution in [0.5, 0.6) is 11.5 Å². The van der Waals surface area contributed by atoms with Crippen LogP contribution in [0.15, 0.2) is 24.3 Å². The number of hydrogen-bond acceptors (Lipinski definition) is 4. The summed E-state index contributed by atoms with van der Waals surface area (Å²) in [4.78, 5) is 10.7. The van der Waals surface area contributed by atoms with E-state index in [-0.39, 0.29) is 11.9 Å². The fourth-order valence-electron chi connectivity index (χ4n) is 1.22. The minimum atomic E-state index is -0.366. The average Bonchev–Trinajstić information content (AvgIpc) is 2.35. The summed E-state index contributed by atoms with van der Waals surface area (Å²) in [6.45, 7) is 2.76. The Labute approximate surface area is 101 Å². The number of carbonyl (C=O) groups is 1. The van der Waals surface area contributed by atoms with E-state index in [9.17, 15) is 4.79 Å². The number of methoxy groups -OCH3 is 1. The maximum absolute atomic E-state index is 10.7. The van der Waals surface area contributed by atoms with Gasteiger partial charge in [0.05, 0.1) is 13.2 Å². The number of benzene rings is 1. The summed E-state index contributed by atoms with van der Waals surface area (Å²) in [5.41, 5.74) is 5.11. The van der Waals surface area contributed by atoms with Crippen LogP contribution in [0.4, 0.5) is 0 Å². The number of hydrogen-bond donors (Lipinski definition) is 2. The van der Waals surface area contributed by atoms with Crippen molar-refractivity contribution < 1.29 is 14.3 Å². The highest BCUT2D eigenvalue weighted by atomic mass is 16.5. The molecule has 3 N–H and O–H groups in total. The van der Waals surface area contributed by atoms with Crippen molar-refractivity contribution in [1.82, 2.24) is 5.32 Å². The highest BCUT2D eigenvalue weighted by Gasteiger charge is 2.06. The third-order valence-electron chi connectivity index (χ3n) is 2.31. The van der Waals surface area contributed by atoms with Gasteiger partial charge in [-0.25, -0.2) is 0 Å². The first-order valence-electron chi connectivity index (χ1n) is 5.43. The molecule has 1 amide bonds. The van der Waals surface area contributed by atoms with E-state index in [1.54, 1.807) is 14.0 Å². The molecule has 0 bridgehead atoms. The summed E-state index contributed by atoms with van der Waals surface area (Å²) in [6.07, 6.45) is 0. The minimum absolute atomic E-state index is 0.338. The van der Waals surface area contributed by atoms with Crippen LogP contribution in [0.3, 0.4) is 0 Å². The van der Waals surface area contributed by atoms with Crippen LogP contribution in [0.25, 0.3) is 0 Å². The van der Waals surface area contributed by atoms with Gasteiger partial charge in [0.1, 0.15) is 18.1 Å². The SMILES string of the molecule is COc1ccc(OCCNC(C)C(N)=O)cc1. The molecule has 5 heteroatoms. The van der Waals surface area contributed by atoms with Crippen molar-refractivity contribution in [3.63, 3.8) is 0 Å². The molecular formula is C12H18N2O3. The second kappa shape index (κ2) is 6.75. The monoisotopic (exact) mass is 238 g/mol. The molecule has 0 aliphatic heterocycles. The smallest absolute Gasteiger partial charge is 0.234 e. The first kappa shape index (κ1) is 13.3. The molecule has 1 unspecified atom stereocenters. The van der Waals surface area contributed by atoms with E-state index in [1.165, 1.54) is 0 Å². The van der Waals surface area contributed by atoms with Crippen LogP contribution in [-0.4, -0.2) is 32.2 Å². The Bertz CT molecular complexity index is 351. The molecule has 1 atom stereocenters. The second-order valence-corrected chi connectivity index (χ2v) is 3.60. The average molecular weight is 238 g/mol. The lowest BCUT2D eigenvalue weighted by Gasteiger charge is -2.11. The highest BCUT2D eigenvalue weighted by molar-refractivity contribution is 5.79. The lowest BCUT2D eigenvalue weighted by Crippen LogP contribution is -2.40. The molecule has 0 aliphatic rings. The quantitative estimate of drug-likeness (QED) is 0.680. The topological polar surface area (TPSA) is 73.6 Å². The Morgan fingerprint density at radius 3 is 2.47 bits per heavy atom. The molecule has 1 aromatic carbocycles. The fourth-order valence-corrected chi connectivity index (χ4v) is 1.22. The van der Waals surface area contributed by atoms with Crippen LogP contribution in [0, 0.1) is 0 Å². The van der Waals surface area contributed by atoms with Gasteiger partial charge in [0.25, 0.3) is 0 Å². The summed E-state index contributed by atoms with van der Waals surface area (Å²) < 4.78 is 10.5. The van der Waals surface area contributed by atoms with Crippen molar-refractivity contribution in [2.24, 2.45) is 5.73 Å². The van der Waals surface area contributed by atoms with Crippen molar-refractivity contribution in [3.05, 3.63) is 24.3 Å². The van der Waals surface area contributed by atoms with E-state index in [1.807, 2.05) is 24.3 Å². The molecule has 1 rings (SSSR count). The van der Waals surface area contributed by atoms with Gasteiger partial charge in [-0.2, -0.15) is 0 Å². The number of nitrogens with two attached hydrogens (primary N) is 1. The maximum atomic E-state index is 10.7. The molecular weight excluding hydrogens is 220 g/mol. The van der Waals surface area contributed by atoms with Crippen LogP contribution < -0.4 is 20.5 Å². The lowest BCUT2D eigenvalue weighted by molar-refractivity contribution is -0.119. The van der Waals surface area contributed by atoms with Gasteiger partial charge in [0.2, 0.25) is 5.91 Å². The second-order valence-electron chi connectivity index (χ2n) is 3.60. The predicted octanol–water partition coefficient (Wildman–Crippen LogP) is 0.537. The lowest BCUT2D eigenvalue weighted by atomic mass is 10.3. The van der Waals surface area contributed by atoms with Gasteiger partial charge in [0.15, 0.2) is 0 Å². The van der Waals surface area contributed by atoms with E-state index < -0.39 is 0 Å². The van der Waals surface area contributed by atoms with Crippen molar-refractivity contribution in [3.8, 4) is 11.5 Å².